The molecule has 1 unspecified atom stereocenters. The molecule has 0 aromatic heterocycles. The lowest BCUT2D eigenvalue weighted by atomic mass is 10.0. The first-order valence-electron chi connectivity index (χ1n) is 6.33. The number of carbonyl (C=O) groups excluding carboxylic acids is 1. The number of hydrogen-bond acceptors (Lipinski definition) is 2. The van der Waals surface area contributed by atoms with Gasteiger partial charge in [0, 0.05) is 16.2 Å². The fourth-order valence-electron chi connectivity index (χ4n) is 1.74. The van der Waals surface area contributed by atoms with E-state index in [9.17, 15) is 9.59 Å². The van der Waals surface area contributed by atoms with E-state index in [1.54, 1.807) is 12.1 Å². The summed E-state index contributed by atoms with van der Waals surface area (Å²) in [7, 11) is 0. The molecule has 0 saturated carbocycles. The second kappa shape index (κ2) is 7.10. The average molecular weight is 296 g/mol. The van der Waals surface area contributed by atoms with Crippen LogP contribution in [0, 0.1) is 0 Å². The molecule has 1 aromatic rings. The number of carbonyl (C=O) groups is 2. The van der Waals surface area contributed by atoms with Crippen LogP contribution in [0.1, 0.15) is 38.8 Å². The fourth-order valence-corrected chi connectivity index (χ4v) is 1.94. The summed E-state index contributed by atoms with van der Waals surface area (Å²) < 4.78 is 0. The molecule has 2 N–H and O–H groups in total. The standard InChI is InChI=1S/C15H18ClNO3/c1-4-13(11-6-5-7-12(16)8-11)17-14(18)9(2)10(3)15(19)20/h5-8,13H,4H2,1-3H3,(H,17,18)(H,19,20). The Morgan fingerprint density at radius 1 is 1.30 bits per heavy atom. The van der Waals surface area contributed by atoms with Gasteiger partial charge in [-0.2, -0.15) is 0 Å². The van der Waals surface area contributed by atoms with Gasteiger partial charge in [-0.05, 0) is 38.0 Å². The van der Waals surface area contributed by atoms with E-state index in [1.807, 2.05) is 19.1 Å². The monoisotopic (exact) mass is 295 g/mol. The normalized spacial score (nSPS) is 13.4. The highest BCUT2D eigenvalue weighted by atomic mass is 35.5. The summed E-state index contributed by atoms with van der Waals surface area (Å²) in [6, 6.07) is 7.05. The van der Waals surface area contributed by atoms with E-state index in [0.717, 1.165) is 5.56 Å². The summed E-state index contributed by atoms with van der Waals surface area (Å²) in [6.45, 7) is 4.86. The van der Waals surface area contributed by atoms with E-state index in [0.29, 0.717) is 11.4 Å². The lowest BCUT2D eigenvalue weighted by molar-refractivity contribution is -0.133. The van der Waals surface area contributed by atoms with Gasteiger partial charge in [-0.1, -0.05) is 30.7 Å². The Bertz CT molecular complexity index is 552. The molecule has 0 radical (unpaired) electrons. The molecule has 5 heteroatoms. The van der Waals surface area contributed by atoms with Gasteiger partial charge in [-0.15, -0.1) is 0 Å². The molecule has 4 nitrogen and oxygen atoms in total. The smallest absolute Gasteiger partial charge is 0.331 e. The topological polar surface area (TPSA) is 66.4 Å². The second-order valence-corrected chi connectivity index (χ2v) is 4.98. The van der Waals surface area contributed by atoms with Gasteiger partial charge in [0.05, 0.1) is 6.04 Å². The number of amides is 1. The molecule has 108 valence electrons. The first-order valence-corrected chi connectivity index (χ1v) is 6.71. The Labute approximate surface area is 123 Å². The molecular weight excluding hydrogens is 278 g/mol. The molecule has 0 saturated heterocycles. The molecule has 0 aliphatic heterocycles. The van der Waals surface area contributed by atoms with Crippen LogP contribution in [0.3, 0.4) is 0 Å². The summed E-state index contributed by atoms with van der Waals surface area (Å²) in [4.78, 5) is 22.9. The third kappa shape index (κ3) is 4.10. The van der Waals surface area contributed by atoms with Crippen molar-refractivity contribution < 1.29 is 14.7 Å². The molecule has 0 bridgehead atoms. The molecule has 0 heterocycles. The number of benzene rings is 1. The van der Waals surface area contributed by atoms with Crippen molar-refractivity contribution >= 4 is 23.5 Å². The summed E-state index contributed by atoms with van der Waals surface area (Å²) in [6.07, 6.45) is 0.686. The van der Waals surface area contributed by atoms with E-state index in [1.165, 1.54) is 13.8 Å². The van der Waals surface area contributed by atoms with Crippen molar-refractivity contribution in [1.82, 2.24) is 5.32 Å². The number of carboxylic acids is 1. The molecule has 20 heavy (non-hydrogen) atoms. The maximum atomic E-state index is 12.1. The highest BCUT2D eigenvalue weighted by Crippen LogP contribution is 2.21. The van der Waals surface area contributed by atoms with Crippen molar-refractivity contribution in [2.24, 2.45) is 0 Å². The maximum absolute atomic E-state index is 12.1. The number of carboxylic acid groups (broad SMARTS) is 1. The van der Waals surface area contributed by atoms with Crippen LogP contribution in [0.25, 0.3) is 0 Å². The third-order valence-corrected chi connectivity index (χ3v) is 3.42. The van der Waals surface area contributed by atoms with Crippen molar-refractivity contribution in [3.05, 3.63) is 46.0 Å². The molecule has 0 spiro atoms. The summed E-state index contributed by atoms with van der Waals surface area (Å²) in [5.41, 5.74) is 1.15. The van der Waals surface area contributed by atoms with Gasteiger partial charge in [0.15, 0.2) is 0 Å². The molecular formula is C15H18ClNO3. The van der Waals surface area contributed by atoms with E-state index in [4.69, 9.17) is 16.7 Å². The van der Waals surface area contributed by atoms with Gasteiger partial charge >= 0.3 is 5.97 Å². The van der Waals surface area contributed by atoms with E-state index < -0.39 is 5.97 Å². The minimum atomic E-state index is -1.09. The predicted molar refractivity (Wildman–Crippen MR) is 78.6 cm³/mol. The quantitative estimate of drug-likeness (QED) is 0.819. The zero-order valence-electron chi connectivity index (χ0n) is 11.7. The Kier molecular flexibility index (Phi) is 5.77. The molecule has 0 aliphatic rings. The molecule has 1 rings (SSSR count). The van der Waals surface area contributed by atoms with Gasteiger partial charge in [0.1, 0.15) is 0 Å². The van der Waals surface area contributed by atoms with E-state index >= 15 is 0 Å². The molecule has 0 fully saturated rings. The van der Waals surface area contributed by atoms with Crippen LogP contribution in [-0.4, -0.2) is 17.0 Å². The zero-order chi connectivity index (χ0) is 15.3. The van der Waals surface area contributed by atoms with Crippen LogP contribution >= 0.6 is 11.6 Å². The van der Waals surface area contributed by atoms with Gasteiger partial charge in [0.2, 0.25) is 5.91 Å². The Morgan fingerprint density at radius 3 is 2.45 bits per heavy atom. The summed E-state index contributed by atoms with van der Waals surface area (Å²) >= 11 is 5.94. The van der Waals surface area contributed by atoms with Gasteiger partial charge in [0.25, 0.3) is 0 Å². The fraction of sp³-hybridized carbons (Fsp3) is 0.333. The molecule has 1 amide bonds. The zero-order valence-corrected chi connectivity index (χ0v) is 12.5. The lowest BCUT2D eigenvalue weighted by Gasteiger charge is -2.18. The Balaban J connectivity index is 2.92. The summed E-state index contributed by atoms with van der Waals surface area (Å²) in [5.74, 6) is -1.47. The molecule has 1 aromatic carbocycles. The van der Waals surface area contributed by atoms with Crippen LogP contribution in [0.15, 0.2) is 35.4 Å². The largest absolute Gasteiger partial charge is 0.478 e. The highest BCUT2D eigenvalue weighted by Gasteiger charge is 2.17. The number of halogens is 1. The van der Waals surface area contributed by atoms with Crippen LogP contribution in [0.4, 0.5) is 0 Å². The predicted octanol–water partition coefficient (Wildman–Crippen LogP) is 3.33. The van der Waals surface area contributed by atoms with Crippen molar-refractivity contribution in [2.45, 2.75) is 33.2 Å². The minimum absolute atomic E-state index is 0.0449. The van der Waals surface area contributed by atoms with Crippen molar-refractivity contribution in [3.63, 3.8) is 0 Å². The number of rotatable bonds is 5. The maximum Gasteiger partial charge on any atom is 0.331 e. The number of nitrogens with one attached hydrogen (secondary N) is 1. The first kappa shape index (κ1) is 16.2. The van der Waals surface area contributed by atoms with Gasteiger partial charge in [-0.3, -0.25) is 4.79 Å². The SMILES string of the molecule is CCC(NC(=O)C(C)=C(C)C(=O)O)c1cccc(Cl)c1. The van der Waals surface area contributed by atoms with E-state index in [2.05, 4.69) is 5.32 Å². The average Bonchev–Trinajstić information content (AvgIpc) is 2.42. The van der Waals surface area contributed by atoms with Gasteiger partial charge in [-0.25, -0.2) is 4.79 Å². The van der Waals surface area contributed by atoms with Crippen LogP contribution < -0.4 is 5.32 Å². The first-order chi connectivity index (χ1) is 9.36. The van der Waals surface area contributed by atoms with Crippen LogP contribution in [0.2, 0.25) is 5.02 Å². The van der Waals surface area contributed by atoms with Crippen LogP contribution in [0.5, 0.6) is 0 Å². The van der Waals surface area contributed by atoms with Crippen molar-refractivity contribution in [1.29, 1.82) is 0 Å². The van der Waals surface area contributed by atoms with Crippen molar-refractivity contribution in [2.75, 3.05) is 0 Å². The Morgan fingerprint density at radius 2 is 1.95 bits per heavy atom. The Hall–Kier alpha value is -1.81. The minimum Gasteiger partial charge on any atom is -0.478 e. The van der Waals surface area contributed by atoms with E-state index in [-0.39, 0.29) is 23.1 Å². The molecule has 0 aliphatic carbocycles. The van der Waals surface area contributed by atoms with Gasteiger partial charge < -0.3 is 10.4 Å². The lowest BCUT2D eigenvalue weighted by Crippen LogP contribution is -2.29. The van der Waals surface area contributed by atoms with Crippen molar-refractivity contribution in [3.8, 4) is 0 Å². The second-order valence-electron chi connectivity index (χ2n) is 4.54. The number of aliphatic carboxylic acids is 1. The number of hydrogen-bond donors (Lipinski definition) is 2. The summed E-state index contributed by atoms with van der Waals surface area (Å²) in [5, 5.41) is 12.3. The van der Waals surface area contributed by atoms with Crippen LogP contribution in [-0.2, 0) is 9.59 Å². The highest BCUT2D eigenvalue weighted by molar-refractivity contribution is 6.30. The molecule has 1 atom stereocenters. The third-order valence-electron chi connectivity index (χ3n) is 3.19.